The number of epoxide rings is 1. The van der Waals surface area contributed by atoms with Crippen molar-refractivity contribution in [2.24, 2.45) is 0 Å². The molecular formula is C7H14OSi. The van der Waals surface area contributed by atoms with Crippen LogP contribution < -0.4 is 0 Å². The Bertz CT molecular complexity index is 131. The van der Waals surface area contributed by atoms with Crippen molar-refractivity contribution in [1.82, 2.24) is 0 Å². The molecule has 0 aromatic carbocycles. The maximum atomic E-state index is 5.36. The van der Waals surface area contributed by atoms with Crippen molar-refractivity contribution in [1.29, 1.82) is 0 Å². The summed E-state index contributed by atoms with van der Waals surface area (Å²) in [6, 6.07) is 0. The average molecular weight is 142 g/mol. The summed E-state index contributed by atoms with van der Waals surface area (Å²) in [5.74, 6) is 0. The Hall–Kier alpha value is -0.0831. The van der Waals surface area contributed by atoms with Crippen LogP contribution in [0.25, 0.3) is 0 Å². The number of rotatable bonds is 2. The summed E-state index contributed by atoms with van der Waals surface area (Å²) in [7, 11) is -1.16. The van der Waals surface area contributed by atoms with E-state index in [2.05, 4.69) is 32.3 Å². The van der Waals surface area contributed by atoms with Crippen LogP contribution in [0, 0.1) is 0 Å². The molecule has 2 atom stereocenters. The molecule has 0 N–H and O–H groups in total. The first-order valence-corrected chi connectivity index (χ1v) is 6.52. The summed E-state index contributed by atoms with van der Waals surface area (Å²) >= 11 is 0. The lowest BCUT2D eigenvalue weighted by Gasteiger charge is -2.12. The maximum Gasteiger partial charge on any atom is 0.107 e. The zero-order valence-electron chi connectivity index (χ0n) is 6.35. The molecule has 52 valence electrons. The molecule has 1 heterocycles. The van der Waals surface area contributed by atoms with Gasteiger partial charge in [0.1, 0.15) is 8.07 Å². The fraction of sp³-hybridized carbons (Fsp3) is 0.714. The molecule has 1 aliphatic heterocycles. The highest BCUT2D eigenvalue weighted by Gasteiger charge is 2.46. The van der Waals surface area contributed by atoms with Gasteiger partial charge in [0.15, 0.2) is 0 Å². The Balaban J connectivity index is 2.51. The molecule has 1 rings (SSSR count). The molecule has 0 aromatic rings. The molecule has 1 nitrogen and oxygen atoms in total. The van der Waals surface area contributed by atoms with Gasteiger partial charge < -0.3 is 4.74 Å². The van der Waals surface area contributed by atoms with Gasteiger partial charge in [-0.2, -0.15) is 0 Å². The minimum atomic E-state index is -1.16. The van der Waals surface area contributed by atoms with Crippen molar-refractivity contribution in [3.8, 4) is 0 Å². The lowest BCUT2D eigenvalue weighted by Crippen LogP contribution is -2.31. The van der Waals surface area contributed by atoms with Crippen LogP contribution in [0.5, 0.6) is 0 Å². The molecule has 9 heavy (non-hydrogen) atoms. The van der Waals surface area contributed by atoms with Gasteiger partial charge in [0.2, 0.25) is 0 Å². The molecule has 0 bridgehead atoms. The quantitative estimate of drug-likeness (QED) is 0.423. The highest BCUT2D eigenvalue weighted by Crippen LogP contribution is 2.30. The average Bonchev–Trinajstić information content (AvgIpc) is 2.47. The van der Waals surface area contributed by atoms with E-state index < -0.39 is 8.07 Å². The van der Waals surface area contributed by atoms with Crippen LogP contribution in [0.3, 0.4) is 0 Å². The van der Waals surface area contributed by atoms with Crippen molar-refractivity contribution in [2.45, 2.75) is 31.8 Å². The molecule has 1 fully saturated rings. The SMILES string of the molecule is C=C[Si](C)(C)C1OC1C. The Morgan fingerprint density at radius 3 is 2.11 bits per heavy atom. The van der Waals surface area contributed by atoms with Crippen molar-refractivity contribution < 1.29 is 4.74 Å². The van der Waals surface area contributed by atoms with Crippen LogP contribution in [-0.2, 0) is 4.74 Å². The zero-order valence-corrected chi connectivity index (χ0v) is 7.35. The van der Waals surface area contributed by atoms with Crippen molar-refractivity contribution in [2.75, 3.05) is 0 Å². The van der Waals surface area contributed by atoms with Gasteiger partial charge in [-0.25, -0.2) is 0 Å². The third-order valence-corrected chi connectivity index (χ3v) is 5.09. The summed E-state index contributed by atoms with van der Waals surface area (Å²) in [4.78, 5) is 0. The third-order valence-electron chi connectivity index (χ3n) is 1.97. The fourth-order valence-electron chi connectivity index (χ4n) is 1.08. The second kappa shape index (κ2) is 1.96. The van der Waals surface area contributed by atoms with Crippen LogP contribution in [0.15, 0.2) is 12.3 Å². The Morgan fingerprint density at radius 2 is 2.00 bits per heavy atom. The van der Waals surface area contributed by atoms with E-state index in [4.69, 9.17) is 4.74 Å². The largest absolute Gasteiger partial charge is 0.373 e. The highest BCUT2D eigenvalue weighted by molar-refractivity contribution is 6.84. The Kier molecular flexibility index (Phi) is 1.53. The molecule has 0 aliphatic carbocycles. The number of hydrogen-bond donors (Lipinski definition) is 0. The van der Waals surface area contributed by atoms with Gasteiger partial charge in [-0.05, 0) is 6.92 Å². The van der Waals surface area contributed by atoms with Crippen LogP contribution in [0.1, 0.15) is 6.92 Å². The standard InChI is InChI=1S/C7H14OSi/c1-5-9(3,4)7-6(2)8-7/h5-7H,1H2,2-4H3. The van der Waals surface area contributed by atoms with Gasteiger partial charge >= 0.3 is 0 Å². The number of hydrogen-bond acceptors (Lipinski definition) is 1. The van der Waals surface area contributed by atoms with E-state index in [0.717, 1.165) is 0 Å². The highest BCUT2D eigenvalue weighted by atomic mass is 28.3. The van der Waals surface area contributed by atoms with E-state index in [1.165, 1.54) is 0 Å². The minimum Gasteiger partial charge on any atom is -0.373 e. The molecule has 0 amide bonds. The van der Waals surface area contributed by atoms with Gasteiger partial charge in [0.25, 0.3) is 0 Å². The molecule has 2 heteroatoms. The summed E-state index contributed by atoms with van der Waals surface area (Å²) in [5, 5.41) is 0. The summed E-state index contributed by atoms with van der Waals surface area (Å²) in [6.45, 7) is 10.5. The van der Waals surface area contributed by atoms with E-state index in [1.807, 2.05) is 0 Å². The van der Waals surface area contributed by atoms with Gasteiger partial charge in [0.05, 0.1) is 11.8 Å². The van der Waals surface area contributed by atoms with E-state index in [1.54, 1.807) is 0 Å². The normalized spacial score (nSPS) is 34.1. The van der Waals surface area contributed by atoms with Crippen molar-refractivity contribution in [3.63, 3.8) is 0 Å². The molecule has 2 unspecified atom stereocenters. The Morgan fingerprint density at radius 1 is 1.56 bits per heavy atom. The predicted octanol–water partition coefficient (Wildman–Crippen LogP) is 1.75. The van der Waals surface area contributed by atoms with Crippen LogP contribution in [0.2, 0.25) is 13.1 Å². The van der Waals surface area contributed by atoms with Crippen molar-refractivity contribution >= 4 is 8.07 Å². The van der Waals surface area contributed by atoms with E-state index in [9.17, 15) is 0 Å². The number of ether oxygens (including phenoxy) is 1. The first-order valence-electron chi connectivity index (χ1n) is 3.37. The van der Waals surface area contributed by atoms with E-state index >= 15 is 0 Å². The molecule has 1 saturated heterocycles. The fourth-order valence-corrected chi connectivity index (χ4v) is 3.09. The smallest absolute Gasteiger partial charge is 0.107 e. The monoisotopic (exact) mass is 142 g/mol. The first kappa shape index (κ1) is 7.03. The minimum absolute atomic E-state index is 0.504. The molecular weight excluding hydrogens is 128 g/mol. The predicted molar refractivity (Wildman–Crippen MR) is 42.0 cm³/mol. The van der Waals surface area contributed by atoms with Crippen LogP contribution >= 0.6 is 0 Å². The molecule has 0 aromatic heterocycles. The lowest BCUT2D eigenvalue weighted by molar-refractivity contribution is 0.407. The first-order chi connectivity index (χ1) is 4.08. The third kappa shape index (κ3) is 1.25. The second-order valence-electron chi connectivity index (χ2n) is 3.29. The second-order valence-corrected chi connectivity index (χ2v) is 7.91. The zero-order chi connectivity index (χ0) is 7.07. The summed E-state index contributed by atoms with van der Waals surface area (Å²) in [6.07, 6.45) is 0.504. The maximum absolute atomic E-state index is 5.36. The van der Waals surface area contributed by atoms with Gasteiger partial charge in [-0.3, -0.25) is 0 Å². The summed E-state index contributed by atoms with van der Waals surface area (Å²) < 4.78 is 5.36. The molecule has 0 radical (unpaired) electrons. The molecule has 0 spiro atoms. The molecule has 1 aliphatic rings. The summed E-state index contributed by atoms with van der Waals surface area (Å²) in [5.41, 5.74) is 2.65. The van der Waals surface area contributed by atoms with Crippen LogP contribution in [-0.4, -0.2) is 19.9 Å². The lowest BCUT2D eigenvalue weighted by atomic mass is 10.6. The van der Waals surface area contributed by atoms with Gasteiger partial charge in [-0.1, -0.05) is 18.8 Å². The van der Waals surface area contributed by atoms with Gasteiger partial charge in [0, 0.05) is 0 Å². The van der Waals surface area contributed by atoms with E-state index in [-0.39, 0.29) is 0 Å². The van der Waals surface area contributed by atoms with Crippen molar-refractivity contribution in [3.05, 3.63) is 12.3 Å². The van der Waals surface area contributed by atoms with Gasteiger partial charge in [-0.15, -0.1) is 6.58 Å². The Labute approximate surface area is 57.7 Å². The molecule has 0 saturated carbocycles. The topological polar surface area (TPSA) is 12.5 Å². The van der Waals surface area contributed by atoms with E-state index in [0.29, 0.717) is 11.8 Å². The van der Waals surface area contributed by atoms with Crippen LogP contribution in [0.4, 0.5) is 0 Å².